The zero-order valence-corrected chi connectivity index (χ0v) is 21.1. The van der Waals surface area contributed by atoms with Gasteiger partial charge in [0.15, 0.2) is 18.1 Å². The van der Waals surface area contributed by atoms with Crippen LogP contribution in [-0.2, 0) is 19.1 Å². The fourth-order valence-corrected chi connectivity index (χ4v) is 5.05. The number of hydrogen-bond acceptors (Lipinski definition) is 8. The highest BCUT2D eigenvalue weighted by Crippen LogP contribution is 2.39. The first-order valence-electron chi connectivity index (χ1n) is 10.2. The fraction of sp³-hybridized carbons (Fsp3) is 0.429. The van der Waals surface area contributed by atoms with Crippen LogP contribution in [-0.4, -0.2) is 83.1 Å². The third-order valence-corrected chi connectivity index (χ3v) is 6.72. The summed E-state index contributed by atoms with van der Waals surface area (Å²) in [5.41, 5.74) is 0.663. The molecule has 2 aliphatic rings. The first-order valence-corrected chi connectivity index (χ1v) is 12.2. The van der Waals surface area contributed by atoms with Crippen molar-refractivity contribution in [3.8, 4) is 11.5 Å². The summed E-state index contributed by atoms with van der Waals surface area (Å²) in [6, 6.07) is 3.47. The normalized spacial score (nSPS) is 17.6. The molecule has 2 aliphatic heterocycles. The van der Waals surface area contributed by atoms with Gasteiger partial charge < -0.3 is 24.2 Å². The number of thioether (sulfide) groups is 1. The van der Waals surface area contributed by atoms with E-state index in [9.17, 15) is 14.4 Å². The Morgan fingerprint density at radius 2 is 2.03 bits per heavy atom. The molecular formula is C21H23BrN2O7S2. The van der Waals surface area contributed by atoms with Gasteiger partial charge in [0.1, 0.15) is 4.32 Å². The lowest BCUT2D eigenvalue weighted by atomic mass is 10.1. The highest BCUT2D eigenvalue weighted by Gasteiger charge is 2.32. The molecule has 0 radical (unpaired) electrons. The lowest BCUT2D eigenvalue weighted by molar-refractivity contribution is -0.138. The Hall–Kier alpha value is -2.15. The van der Waals surface area contributed by atoms with Crippen LogP contribution in [0.25, 0.3) is 6.08 Å². The van der Waals surface area contributed by atoms with Crippen molar-refractivity contribution >= 4 is 68.1 Å². The molecule has 0 bridgehead atoms. The molecule has 2 heterocycles. The third-order valence-electron chi connectivity index (χ3n) is 4.76. The number of carboxylic acids is 1. The molecule has 1 aromatic carbocycles. The lowest BCUT2D eigenvalue weighted by Gasteiger charge is -2.27. The van der Waals surface area contributed by atoms with Crippen LogP contribution in [0.4, 0.5) is 0 Å². The maximum atomic E-state index is 12.7. The number of rotatable bonds is 9. The molecule has 0 saturated carbocycles. The highest BCUT2D eigenvalue weighted by atomic mass is 79.9. The number of aliphatic carboxylic acids is 1. The van der Waals surface area contributed by atoms with Crippen molar-refractivity contribution in [1.29, 1.82) is 0 Å². The number of carboxylic acid groups (broad SMARTS) is 1. The van der Waals surface area contributed by atoms with Gasteiger partial charge in [-0.3, -0.25) is 19.3 Å². The summed E-state index contributed by atoms with van der Waals surface area (Å²) in [4.78, 5) is 39.3. The average molecular weight is 559 g/mol. The second-order valence-electron chi connectivity index (χ2n) is 7.02. The molecule has 0 aliphatic carbocycles. The monoisotopic (exact) mass is 558 g/mol. The van der Waals surface area contributed by atoms with Gasteiger partial charge in [-0.15, -0.1) is 0 Å². The second-order valence-corrected chi connectivity index (χ2v) is 9.55. The zero-order valence-electron chi connectivity index (χ0n) is 17.9. The van der Waals surface area contributed by atoms with Crippen molar-refractivity contribution in [3.63, 3.8) is 0 Å². The first kappa shape index (κ1) is 25.5. The van der Waals surface area contributed by atoms with Crippen LogP contribution in [0.1, 0.15) is 18.9 Å². The molecular weight excluding hydrogens is 536 g/mol. The number of hydrogen-bond donors (Lipinski definition) is 1. The lowest BCUT2D eigenvalue weighted by Crippen LogP contribution is -2.43. The Morgan fingerprint density at radius 1 is 1.30 bits per heavy atom. The van der Waals surface area contributed by atoms with Crippen molar-refractivity contribution in [2.45, 2.75) is 13.3 Å². The zero-order chi connectivity index (χ0) is 24.0. The van der Waals surface area contributed by atoms with E-state index in [1.165, 1.54) is 4.90 Å². The number of halogens is 1. The van der Waals surface area contributed by atoms with Crippen molar-refractivity contribution in [3.05, 3.63) is 27.1 Å². The van der Waals surface area contributed by atoms with Gasteiger partial charge in [0.25, 0.3) is 11.8 Å². The largest absolute Gasteiger partial charge is 0.490 e. The molecule has 1 aromatic rings. The van der Waals surface area contributed by atoms with Gasteiger partial charge in [-0.2, -0.15) is 0 Å². The topological polar surface area (TPSA) is 106 Å². The maximum Gasteiger partial charge on any atom is 0.305 e. The molecule has 9 nitrogen and oxygen atoms in total. The number of ether oxygens (including phenoxy) is 3. The van der Waals surface area contributed by atoms with Crippen LogP contribution < -0.4 is 9.47 Å². The Kier molecular flexibility index (Phi) is 9.12. The summed E-state index contributed by atoms with van der Waals surface area (Å²) >= 11 is 9.81. The molecule has 33 heavy (non-hydrogen) atoms. The fourth-order valence-electron chi connectivity index (χ4n) is 3.16. The summed E-state index contributed by atoms with van der Waals surface area (Å²) < 4.78 is 17.6. The predicted molar refractivity (Wildman–Crippen MR) is 130 cm³/mol. The SMILES string of the molecule is CCOc1cc(/C=C2\SC(=S)N(CCC(=O)O)C2=O)cc(Br)c1OCC(=O)N1CCOCC1. The molecule has 3 rings (SSSR count). The van der Waals surface area contributed by atoms with Crippen LogP contribution in [0.3, 0.4) is 0 Å². The molecule has 1 N–H and O–H groups in total. The van der Waals surface area contributed by atoms with Gasteiger partial charge in [-0.25, -0.2) is 0 Å². The number of carbonyl (C=O) groups is 3. The van der Waals surface area contributed by atoms with E-state index < -0.39 is 5.97 Å². The van der Waals surface area contributed by atoms with Crippen LogP contribution in [0.2, 0.25) is 0 Å². The highest BCUT2D eigenvalue weighted by molar-refractivity contribution is 9.10. The van der Waals surface area contributed by atoms with Crippen molar-refractivity contribution in [2.75, 3.05) is 46.1 Å². The van der Waals surface area contributed by atoms with Crippen LogP contribution in [0, 0.1) is 0 Å². The minimum atomic E-state index is -0.999. The van der Waals surface area contributed by atoms with Crippen molar-refractivity contribution < 1.29 is 33.7 Å². The van der Waals surface area contributed by atoms with Gasteiger partial charge >= 0.3 is 5.97 Å². The number of benzene rings is 1. The maximum absolute atomic E-state index is 12.7. The van der Waals surface area contributed by atoms with Crippen LogP contribution >= 0.6 is 39.9 Å². The minimum absolute atomic E-state index is 0.0230. The molecule has 0 spiro atoms. The number of thiocarbonyl (C=S) groups is 1. The summed E-state index contributed by atoms with van der Waals surface area (Å²) in [7, 11) is 0. The van der Waals surface area contributed by atoms with Gasteiger partial charge in [0.05, 0.1) is 35.6 Å². The molecule has 12 heteroatoms. The van der Waals surface area contributed by atoms with E-state index in [0.29, 0.717) is 63.7 Å². The Labute approximate surface area is 209 Å². The summed E-state index contributed by atoms with van der Waals surface area (Å²) in [6.45, 7) is 4.18. The summed E-state index contributed by atoms with van der Waals surface area (Å²) in [5, 5.41) is 8.87. The minimum Gasteiger partial charge on any atom is -0.490 e. The van der Waals surface area contributed by atoms with Crippen LogP contribution in [0.5, 0.6) is 11.5 Å². The Balaban J connectivity index is 1.76. The molecule has 2 fully saturated rings. The van der Waals surface area contributed by atoms with E-state index in [1.54, 1.807) is 23.1 Å². The first-order chi connectivity index (χ1) is 15.8. The van der Waals surface area contributed by atoms with Gasteiger partial charge in [-0.05, 0) is 46.6 Å². The van der Waals surface area contributed by atoms with E-state index in [4.69, 9.17) is 31.5 Å². The van der Waals surface area contributed by atoms with E-state index in [2.05, 4.69) is 15.9 Å². The van der Waals surface area contributed by atoms with E-state index in [1.807, 2.05) is 6.92 Å². The van der Waals surface area contributed by atoms with E-state index in [-0.39, 0.29) is 31.4 Å². The quantitative estimate of drug-likeness (QED) is 0.361. The molecule has 2 amide bonds. The third kappa shape index (κ3) is 6.69. The second kappa shape index (κ2) is 11.8. The van der Waals surface area contributed by atoms with E-state index >= 15 is 0 Å². The van der Waals surface area contributed by atoms with Crippen LogP contribution in [0.15, 0.2) is 21.5 Å². The molecule has 0 atom stereocenters. The molecule has 2 saturated heterocycles. The number of nitrogens with zero attached hydrogens (tertiary/aromatic N) is 2. The Bertz CT molecular complexity index is 980. The standard InChI is InChI=1S/C21H23BrN2O7S2/c1-2-30-15-10-13(11-16-20(28)24(21(32)33-16)4-3-18(26)27)9-14(22)19(15)31-12-17(25)23-5-7-29-8-6-23/h9-11H,2-8,12H2,1H3,(H,26,27)/b16-11-. The van der Waals surface area contributed by atoms with Gasteiger partial charge in [-0.1, -0.05) is 24.0 Å². The smallest absolute Gasteiger partial charge is 0.305 e. The number of morpholine rings is 1. The molecule has 0 aromatic heterocycles. The van der Waals surface area contributed by atoms with Gasteiger partial charge in [0.2, 0.25) is 0 Å². The molecule has 178 valence electrons. The summed E-state index contributed by atoms with van der Waals surface area (Å²) in [6.07, 6.45) is 1.48. The predicted octanol–water partition coefficient (Wildman–Crippen LogP) is 2.76. The Morgan fingerprint density at radius 3 is 2.70 bits per heavy atom. The summed E-state index contributed by atoms with van der Waals surface area (Å²) in [5.74, 6) is -0.654. The number of amides is 2. The van der Waals surface area contributed by atoms with Gasteiger partial charge in [0, 0.05) is 19.6 Å². The van der Waals surface area contributed by atoms with Crippen molar-refractivity contribution in [1.82, 2.24) is 9.80 Å². The van der Waals surface area contributed by atoms with Crippen molar-refractivity contribution in [2.24, 2.45) is 0 Å². The van der Waals surface area contributed by atoms with E-state index in [0.717, 1.165) is 11.8 Å². The number of carbonyl (C=O) groups excluding carboxylic acids is 2. The average Bonchev–Trinajstić information content (AvgIpc) is 3.04. The molecule has 0 unspecified atom stereocenters.